The van der Waals surface area contributed by atoms with Crippen molar-refractivity contribution in [1.82, 2.24) is 4.98 Å². The summed E-state index contributed by atoms with van der Waals surface area (Å²) in [6, 6.07) is 3.42. The molecule has 1 rings (SSSR count). The third-order valence-corrected chi connectivity index (χ3v) is 2.53. The molecular formula is C9H9Br2NO2. The Bertz CT molecular complexity index is 342. The molecule has 0 saturated heterocycles. The van der Waals surface area contributed by atoms with Crippen LogP contribution in [0.2, 0.25) is 0 Å². The van der Waals surface area contributed by atoms with E-state index in [1.54, 1.807) is 19.1 Å². The molecule has 0 aliphatic carbocycles. The van der Waals surface area contributed by atoms with Crippen molar-refractivity contribution < 1.29 is 9.53 Å². The number of rotatable bonds is 3. The van der Waals surface area contributed by atoms with E-state index in [0.29, 0.717) is 27.8 Å². The van der Waals surface area contributed by atoms with Crippen LogP contribution in [-0.2, 0) is 10.1 Å². The van der Waals surface area contributed by atoms with Gasteiger partial charge in [-0.1, -0.05) is 15.9 Å². The first-order chi connectivity index (χ1) is 6.69. The molecule has 0 amide bonds. The van der Waals surface area contributed by atoms with Gasteiger partial charge in [0.05, 0.1) is 17.9 Å². The smallest absolute Gasteiger partial charge is 0.340 e. The summed E-state index contributed by atoms with van der Waals surface area (Å²) in [4.78, 5) is 15.6. The summed E-state index contributed by atoms with van der Waals surface area (Å²) in [7, 11) is 0. The Morgan fingerprint density at radius 3 is 2.86 bits per heavy atom. The highest BCUT2D eigenvalue weighted by atomic mass is 79.9. The van der Waals surface area contributed by atoms with Gasteiger partial charge in [0.1, 0.15) is 4.60 Å². The Kier molecular flexibility index (Phi) is 4.54. The summed E-state index contributed by atoms with van der Waals surface area (Å²) >= 11 is 6.51. The monoisotopic (exact) mass is 321 g/mol. The average molecular weight is 323 g/mol. The van der Waals surface area contributed by atoms with Crippen molar-refractivity contribution in [2.24, 2.45) is 0 Å². The van der Waals surface area contributed by atoms with E-state index in [4.69, 9.17) is 4.74 Å². The molecule has 0 saturated carbocycles. The second kappa shape index (κ2) is 5.46. The van der Waals surface area contributed by atoms with Crippen molar-refractivity contribution in [1.29, 1.82) is 0 Å². The first-order valence-corrected chi connectivity index (χ1v) is 5.99. The topological polar surface area (TPSA) is 39.2 Å². The number of hydrogen-bond donors (Lipinski definition) is 0. The van der Waals surface area contributed by atoms with Crippen LogP contribution in [0.5, 0.6) is 0 Å². The van der Waals surface area contributed by atoms with E-state index in [-0.39, 0.29) is 5.97 Å². The summed E-state index contributed by atoms with van der Waals surface area (Å²) in [5, 5.41) is 0.528. The molecule has 0 aromatic carbocycles. The second-order valence-corrected chi connectivity index (χ2v) is 3.86. The van der Waals surface area contributed by atoms with Crippen LogP contribution in [0.1, 0.15) is 23.0 Å². The minimum absolute atomic E-state index is 0.332. The molecule has 76 valence electrons. The lowest BCUT2D eigenvalue weighted by Crippen LogP contribution is -2.08. The summed E-state index contributed by atoms with van der Waals surface area (Å²) in [6.45, 7) is 2.15. The van der Waals surface area contributed by atoms with Gasteiger partial charge < -0.3 is 4.74 Å². The van der Waals surface area contributed by atoms with Crippen molar-refractivity contribution in [3.05, 3.63) is 28.0 Å². The van der Waals surface area contributed by atoms with Gasteiger partial charge >= 0.3 is 5.97 Å². The van der Waals surface area contributed by atoms with Gasteiger partial charge in [-0.25, -0.2) is 9.78 Å². The van der Waals surface area contributed by atoms with Crippen molar-refractivity contribution in [3.63, 3.8) is 0 Å². The Morgan fingerprint density at radius 2 is 2.29 bits per heavy atom. The lowest BCUT2D eigenvalue weighted by Gasteiger charge is -2.05. The molecule has 1 aromatic rings. The summed E-state index contributed by atoms with van der Waals surface area (Å²) in [6.07, 6.45) is 0. The Balaban J connectivity index is 3.01. The Labute approximate surface area is 99.1 Å². The van der Waals surface area contributed by atoms with Crippen LogP contribution in [0, 0.1) is 0 Å². The molecule has 0 atom stereocenters. The first kappa shape index (κ1) is 11.7. The largest absolute Gasteiger partial charge is 0.462 e. The van der Waals surface area contributed by atoms with E-state index in [9.17, 15) is 4.79 Å². The van der Waals surface area contributed by atoms with E-state index in [1.165, 1.54) is 0 Å². The molecule has 0 unspecified atom stereocenters. The maximum Gasteiger partial charge on any atom is 0.340 e. The fourth-order valence-electron chi connectivity index (χ4n) is 0.971. The van der Waals surface area contributed by atoms with E-state index in [1.807, 2.05) is 0 Å². The lowest BCUT2D eigenvalue weighted by molar-refractivity contribution is 0.0525. The van der Waals surface area contributed by atoms with Gasteiger partial charge in [0.25, 0.3) is 0 Å². The SMILES string of the molecule is CCOC(=O)c1ccc(Br)nc1CBr. The van der Waals surface area contributed by atoms with Gasteiger partial charge in [-0.2, -0.15) is 0 Å². The number of hydrogen-bond acceptors (Lipinski definition) is 3. The third kappa shape index (κ3) is 2.78. The number of pyridine rings is 1. The highest BCUT2D eigenvalue weighted by Crippen LogP contribution is 2.15. The van der Waals surface area contributed by atoms with Crippen molar-refractivity contribution >= 4 is 37.8 Å². The zero-order valence-electron chi connectivity index (χ0n) is 7.59. The van der Waals surface area contributed by atoms with Crippen LogP contribution in [0.4, 0.5) is 0 Å². The number of carbonyl (C=O) groups excluding carboxylic acids is 1. The predicted molar refractivity (Wildman–Crippen MR) is 60.5 cm³/mol. The minimum Gasteiger partial charge on any atom is -0.462 e. The fourth-order valence-corrected chi connectivity index (χ4v) is 1.74. The molecule has 1 heterocycles. The molecule has 0 fully saturated rings. The third-order valence-electron chi connectivity index (χ3n) is 1.56. The maximum atomic E-state index is 11.4. The van der Waals surface area contributed by atoms with Gasteiger partial charge in [0.2, 0.25) is 0 Å². The number of carbonyl (C=O) groups is 1. The Hall–Kier alpha value is -0.420. The normalized spacial score (nSPS) is 9.93. The van der Waals surface area contributed by atoms with E-state index in [0.717, 1.165) is 0 Å². The molecule has 0 aliphatic heterocycles. The zero-order valence-corrected chi connectivity index (χ0v) is 10.8. The minimum atomic E-state index is -0.332. The molecule has 14 heavy (non-hydrogen) atoms. The van der Waals surface area contributed by atoms with Gasteiger partial charge in [-0.15, -0.1) is 0 Å². The van der Waals surface area contributed by atoms with Crippen LogP contribution in [0.15, 0.2) is 16.7 Å². The molecule has 0 spiro atoms. The van der Waals surface area contributed by atoms with Crippen molar-refractivity contribution in [2.45, 2.75) is 12.3 Å². The molecule has 5 heteroatoms. The van der Waals surface area contributed by atoms with Gasteiger partial charge in [0.15, 0.2) is 0 Å². The fraction of sp³-hybridized carbons (Fsp3) is 0.333. The predicted octanol–water partition coefficient (Wildman–Crippen LogP) is 2.92. The lowest BCUT2D eigenvalue weighted by atomic mass is 10.2. The van der Waals surface area contributed by atoms with Crippen LogP contribution < -0.4 is 0 Å². The summed E-state index contributed by atoms with van der Waals surface area (Å²) < 4.78 is 5.60. The highest BCUT2D eigenvalue weighted by Gasteiger charge is 2.12. The Morgan fingerprint density at radius 1 is 1.57 bits per heavy atom. The van der Waals surface area contributed by atoms with Crippen LogP contribution in [0.25, 0.3) is 0 Å². The second-order valence-electron chi connectivity index (χ2n) is 2.48. The number of nitrogens with zero attached hydrogens (tertiary/aromatic N) is 1. The van der Waals surface area contributed by atoms with Gasteiger partial charge in [0, 0.05) is 5.33 Å². The number of ether oxygens (including phenoxy) is 1. The highest BCUT2D eigenvalue weighted by molar-refractivity contribution is 9.10. The number of halogens is 2. The number of alkyl halides is 1. The molecule has 0 bridgehead atoms. The van der Waals surface area contributed by atoms with Crippen molar-refractivity contribution in [2.75, 3.05) is 6.61 Å². The molecule has 0 aliphatic rings. The maximum absolute atomic E-state index is 11.4. The van der Waals surface area contributed by atoms with Crippen LogP contribution >= 0.6 is 31.9 Å². The quantitative estimate of drug-likeness (QED) is 0.488. The molecule has 0 N–H and O–H groups in total. The number of esters is 1. The van der Waals surface area contributed by atoms with Gasteiger partial charge in [-0.3, -0.25) is 0 Å². The summed E-state index contributed by atoms with van der Waals surface area (Å²) in [5.74, 6) is -0.332. The molecule has 3 nitrogen and oxygen atoms in total. The standard InChI is InChI=1S/C9H9Br2NO2/c1-2-14-9(13)6-3-4-8(11)12-7(6)5-10/h3-4H,2,5H2,1H3. The molecule has 1 aromatic heterocycles. The van der Waals surface area contributed by atoms with Crippen LogP contribution in [0.3, 0.4) is 0 Å². The van der Waals surface area contributed by atoms with E-state index in [2.05, 4.69) is 36.8 Å². The van der Waals surface area contributed by atoms with Crippen molar-refractivity contribution in [3.8, 4) is 0 Å². The summed E-state index contributed by atoms with van der Waals surface area (Å²) in [5.41, 5.74) is 1.18. The zero-order chi connectivity index (χ0) is 10.6. The first-order valence-electron chi connectivity index (χ1n) is 4.07. The average Bonchev–Trinajstić information content (AvgIpc) is 2.17. The molecular weight excluding hydrogens is 314 g/mol. The number of aromatic nitrogens is 1. The van der Waals surface area contributed by atoms with E-state index < -0.39 is 0 Å². The van der Waals surface area contributed by atoms with E-state index >= 15 is 0 Å². The van der Waals surface area contributed by atoms with Gasteiger partial charge in [-0.05, 0) is 35.0 Å². The molecule has 0 radical (unpaired) electrons. The van der Waals surface area contributed by atoms with Crippen LogP contribution in [-0.4, -0.2) is 17.6 Å².